The number of alkyl halides is 2. The Bertz CT molecular complexity index is 1230. The zero-order chi connectivity index (χ0) is 23.8. The molecule has 7 nitrogen and oxygen atoms in total. The monoisotopic (exact) mass is 454 g/mol. The molecule has 1 amide bonds. The number of ether oxygens (including phenoxy) is 1. The third-order valence-corrected chi connectivity index (χ3v) is 6.19. The van der Waals surface area contributed by atoms with Gasteiger partial charge in [0.15, 0.2) is 5.75 Å². The van der Waals surface area contributed by atoms with Crippen LogP contribution in [0.1, 0.15) is 50.7 Å². The van der Waals surface area contributed by atoms with Gasteiger partial charge in [0, 0.05) is 11.6 Å². The maximum atomic E-state index is 13.0. The summed E-state index contributed by atoms with van der Waals surface area (Å²) in [4.78, 5) is 17.3. The van der Waals surface area contributed by atoms with Crippen LogP contribution in [0.3, 0.4) is 0 Å². The number of imidazole rings is 1. The maximum Gasteiger partial charge on any atom is 0.387 e. The second-order valence-electron chi connectivity index (χ2n) is 8.82. The quantitative estimate of drug-likeness (QED) is 0.542. The van der Waals surface area contributed by atoms with Gasteiger partial charge in [-0.05, 0) is 44.7 Å². The minimum Gasteiger partial charge on any atom is -0.432 e. The van der Waals surface area contributed by atoms with E-state index in [1.807, 2.05) is 19.1 Å². The van der Waals surface area contributed by atoms with Gasteiger partial charge in [0.1, 0.15) is 5.52 Å². The molecule has 0 bridgehead atoms. The predicted octanol–water partition coefficient (Wildman–Crippen LogP) is 4.64. The van der Waals surface area contributed by atoms with Gasteiger partial charge in [-0.2, -0.15) is 14.0 Å². The molecule has 0 spiro atoms. The summed E-state index contributed by atoms with van der Waals surface area (Å²) in [5.41, 5.74) is -0.529. The lowest BCUT2D eigenvalue weighted by Gasteiger charge is -2.41. The van der Waals surface area contributed by atoms with Gasteiger partial charge in [-0.15, -0.1) is 0 Å². The van der Waals surface area contributed by atoms with Crippen molar-refractivity contribution in [3.63, 3.8) is 0 Å². The lowest BCUT2D eigenvalue weighted by Crippen LogP contribution is -2.38. The van der Waals surface area contributed by atoms with E-state index in [1.165, 1.54) is 6.07 Å². The number of aliphatic hydroxyl groups is 1. The number of nitrogens with one attached hydrogen (secondary N) is 1. The Kier molecular flexibility index (Phi) is 5.80. The number of anilines is 1. The molecule has 33 heavy (non-hydrogen) atoms. The SMILES string of the molecule is CC(O)(CC(=O)Nc1nc2c(OC(F)F)cc(C#N)cc2n1C1(C)CCC1)c1ccccc1. The van der Waals surface area contributed by atoms with Gasteiger partial charge in [0.25, 0.3) is 0 Å². The van der Waals surface area contributed by atoms with Crippen molar-refractivity contribution in [1.29, 1.82) is 5.26 Å². The average molecular weight is 454 g/mol. The van der Waals surface area contributed by atoms with E-state index in [-0.39, 0.29) is 29.2 Å². The largest absolute Gasteiger partial charge is 0.432 e. The van der Waals surface area contributed by atoms with Crippen molar-refractivity contribution in [3.05, 3.63) is 53.6 Å². The minimum absolute atomic E-state index is 0.132. The topological polar surface area (TPSA) is 100 Å². The van der Waals surface area contributed by atoms with Crippen molar-refractivity contribution in [2.45, 2.75) is 57.3 Å². The summed E-state index contributed by atoms with van der Waals surface area (Å²) in [6.45, 7) is 0.442. The number of nitrogens with zero attached hydrogens (tertiary/aromatic N) is 3. The highest BCUT2D eigenvalue weighted by Gasteiger charge is 2.38. The Hall–Kier alpha value is -3.51. The number of aromatic nitrogens is 2. The third kappa shape index (κ3) is 4.39. The van der Waals surface area contributed by atoms with Crippen LogP contribution in [0.5, 0.6) is 5.75 Å². The Morgan fingerprint density at radius 2 is 2.06 bits per heavy atom. The fourth-order valence-corrected chi connectivity index (χ4v) is 4.32. The van der Waals surface area contributed by atoms with Gasteiger partial charge in [0.05, 0.1) is 29.2 Å². The zero-order valence-electron chi connectivity index (χ0n) is 18.3. The molecule has 1 heterocycles. The molecule has 2 aromatic carbocycles. The number of benzene rings is 2. The van der Waals surface area contributed by atoms with E-state index < -0.39 is 23.7 Å². The first-order chi connectivity index (χ1) is 15.6. The average Bonchev–Trinajstić information content (AvgIpc) is 3.10. The lowest BCUT2D eigenvalue weighted by molar-refractivity contribution is -0.120. The molecule has 0 saturated heterocycles. The van der Waals surface area contributed by atoms with Crippen LogP contribution < -0.4 is 10.1 Å². The molecule has 1 atom stereocenters. The molecule has 4 rings (SSSR count). The number of halogens is 2. The van der Waals surface area contributed by atoms with Crippen LogP contribution in [0.25, 0.3) is 11.0 Å². The normalized spacial score (nSPS) is 16.6. The van der Waals surface area contributed by atoms with Crippen molar-refractivity contribution < 1.29 is 23.4 Å². The minimum atomic E-state index is -3.09. The van der Waals surface area contributed by atoms with Crippen LogP contribution in [-0.4, -0.2) is 27.2 Å². The highest BCUT2D eigenvalue weighted by molar-refractivity contribution is 5.94. The van der Waals surface area contributed by atoms with Gasteiger partial charge < -0.3 is 14.4 Å². The fourth-order valence-electron chi connectivity index (χ4n) is 4.32. The maximum absolute atomic E-state index is 13.0. The number of amides is 1. The van der Waals surface area contributed by atoms with Crippen molar-refractivity contribution in [2.75, 3.05) is 5.32 Å². The molecule has 1 saturated carbocycles. The summed E-state index contributed by atoms with van der Waals surface area (Å²) in [5.74, 6) is -0.553. The Labute approximate surface area is 189 Å². The predicted molar refractivity (Wildman–Crippen MR) is 118 cm³/mol. The number of hydrogen-bond acceptors (Lipinski definition) is 5. The van der Waals surface area contributed by atoms with E-state index in [2.05, 4.69) is 15.0 Å². The molecule has 172 valence electrons. The zero-order valence-corrected chi connectivity index (χ0v) is 18.3. The summed E-state index contributed by atoms with van der Waals surface area (Å²) in [6.07, 6.45) is 2.32. The van der Waals surface area contributed by atoms with Crippen LogP contribution >= 0.6 is 0 Å². The van der Waals surface area contributed by atoms with Crippen LogP contribution in [0, 0.1) is 11.3 Å². The van der Waals surface area contributed by atoms with Gasteiger partial charge in [-0.1, -0.05) is 30.3 Å². The molecule has 0 aliphatic heterocycles. The number of nitriles is 1. The van der Waals surface area contributed by atoms with E-state index >= 15 is 0 Å². The molecular weight excluding hydrogens is 430 g/mol. The molecule has 9 heteroatoms. The first kappa shape index (κ1) is 22.7. The van der Waals surface area contributed by atoms with E-state index in [9.17, 15) is 23.9 Å². The van der Waals surface area contributed by atoms with Crippen LogP contribution in [-0.2, 0) is 15.9 Å². The number of rotatable bonds is 7. The summed E-state index contributed by atoms with van der Waals surface area (Å²) in [6, 6.07) is 13.6. The Balaban J connectivity index is 1.74. The number of carbonyl (C=O) groups is 1. The van der Waals surface area contributed by atoms with E-state index in [0.29, 0.717) is 11.1 Å². The van der Waals surface area contributed by atoms with Crippen LogP contribution in [0.15, 0.2) is 42.5 Å². The Morgan fingerprint density at radius 1 is 1.36 bits per heavy atom. The first-order valence-electron chi connectivity index (χ1n) is 10.6. The molecule has 1 aliphatic rings. The van der Waals surface area contributed by atoms with Gasteiger partial charge in [-0.25, -0.2) is 4.98 Å². The first-order valence-corrected chi connectivity index (χ1v) is 10.6. The van der Waals surface area contributed by atoms with Gasteiger partial charge in [-0.3, -0.25) is 10.1 Å². The molecule has 0 radical (unpaired) electrons. The van der Waals surface area contributed by atoms with Gasteiger partial charge >= 0.3 is 6.61 Å². The van der Waals surface area contributed by atoms with Crippen LogP contribution in [0.4, 0.5) is 14.7 Å². The molecule has 1 fully saturated rings. The third-order valence-electron chi connectivity index (χ3n) is 6.19. The fraction of sp³-hybridized carbons (Fsp3) is 0.375. The van der Waals surface area contributed by atoms with E-state index in [0.717, 1.165) is 19.3 Å². The highest BCUT2D eigenvalue weighted by Crippen LogP contribution is 2.44. The summed E-state index contributed by atoms with van der Waals surface area (Å²) in [7, 11) is 0. The summed E-state index contributed by atoms with van der Waals surface area (Å²) < 4.78 is 32.5. The van der Waals surface area contributed by atoms with Crippen molar-refractivity contribution in [3.8, 4) is 11.8 Å². The summed E-state index contributed by atoms with van der Waals surface area (Å²) >= 11 is 0. The second-order valence-corrected chi connectivity index (χ2v) is 8.82. The van der Waals surface area contributed by atoms with E-state index in [1.54, 1.807) is 41.8 Å². The van der Waals surface area contributed by atoms with Crippen LogP contribution in [0.2, 0.25) is 0 Å². The number of fused-ring (bicyclic) bond motifs is 1. The number of hydrogen-bond donors (Lipinski definition) is 2. The highest BCUT2D eigenvalue weighted by atomic mass is 19.3. The van der Waals surface area contributed by atoms with Crippen molar-refractivity contribution >= 4 is 22.9 Å². The second kappa shape index (κ2) is 8.45. The Morgan fingerprint density at radius 3 is 2.64 bits per heavy atom. The smallest absolute Gasteiger partial charge is 0.387 e. The molecule has 3 aromatic rings. The van der Waals surface area contributed by atoms with Crippen molar-refractivity contribution in [2.24, 2.45) is 0 Å². The van der Waals surface area contributed by atoms with E-state index in [4.69, 9.17) is 0 Å². The molecule has 1 aliphatic carbocycles. The molecular formula is C24H24F2N4O3. The molecule has 1 aromatic heterocycles. The lowest BCUT2D eigenvalue weighted by atomic mass is 9.78. The van der Waals surface area contributed by atoms with Gasteiger partial charge in [0.2, 0.25) is 11.9 Å². The summed E-state index contributed by atoms with van der Waals surface area (Å²) in [5, 5.41) is 23.0. The molecule has 2 N–H and O–H groups in total. The molecule has 1 unspecified atom stereocenters. The standard InChI is InChI=1S/C24H24F2N4O3/c1-23(9-6-10-23)30-17-11-15(14-27)12-18(33-21(25)26)20(17)29-22(30)28-19(31)13-24(2,32)16-7-4-3-5-8-16/h3-5,7-8,11-12,21,32H,6,9-10,13H2,1-2H3,(H,28,29,31). The van der Waals surface area contributed by atoms with Crippen molar-refractivity contribution in [1.82, 2.24) is 9.55 Å². The number of carbonyl (C=O) groups excluding carboxylic acids is 1.